The molecule has 2 fully saturated rings. The third kappa shape index (κ3) is 2.52. The Kier molecular flexibility index (Phi) is 3.42. The molecule has 0 aromatic carbocycles. The summed E-state index contributed by atoms with van der Waals surface area (Å²) in [5.74, 6) is 0.976. The minimum Gasteiger partial charge on any atom is -0.336 e. The van der Waals surface area contributed by atoms with E-state index >= 15 is 0 Å². The summed E-state index contributed by atoms with van der Waals surface area (Å²) in [5.41, 5.74) is 0. The first kappa shape index (κ1) is 13.1. The molecule has 3 rings (SSSR count). The predicted molar refractivity (Wildman–Crippen MR) is 70.3 cm³/mol. The molecule has 0 bridgehead atoms. The maximum absolute atomic E-state index is 12.5. The van der Waals surface area contributed by atoms with Gasteiger partial charge in [0.25, 0.3) is 0 Å². The van der Waals surface area contributed by atoms with Crippen molar-refractivity contribution in [3.63, 3.8) is 0 Å². The van der Waals surface area contributed by atoms with Crippen molar-refractivity contribution in [3.8, 4) is 0 Å². The second-order valence-corrected chi connectivity index (χ2v) is 5.59. The average molecular weight is 277 g/mol. The van der Waals surface area contributed by atoms with Gasteiger partial charge in [0.15, 0.2) is 0 Å². The first-order chi connectivity index (χ1) is 9.66. The standard InChI is InChI=1S/C13H19N5O2/c1-17(7-11-14-8-15-16-11)13(20)10-3-2-6-18(10)12(19)9-4-5-9/h8-10H,2-7H2,1H3,(H,14,15,16). The largest absolute Gasteiger partial charge is 0.336 e. The molecule has 1 N–H and O–H groups in total. The van der Waals surface area contributed by atoms with E-state index < -0.39 is 0 Å². The van der Waals surface area contributed by atoms with Gasteiger partial charge in [-0.05, 0) is 25.7 Å². The fourth-order valence-corrected chi connectivity index (χ4v) is 2.72. The minimum atomic E-state index is -0.295. The molecule has 1 aliphatic carbocycles. The molecule has 1 saturated carbocycles. The zero-order valence-corrected chi connectivity index (χ0v) is 11.6. The fraction of sp³-hybridized carbons (Fsp3) is 0.692. The van der Waals surface area contributed by atoms with Gasteiger partial charge in [0.1, 0.15) is 18.2 Å². The molecule has 1 atom stereocenters. The van der Waals surface area contributed by atoms with Crippen LogP contribution in [0.1, 0.15) is 31.5 Å². The molecule has 1 unspecified atom stereocenters. The van der Waals surface area contributed by atoms with Crippen LogP contribution in [0.5, 0.6) is 0 Å². The van der Waals surface area contributed by atoms with E-state index in [-0.39, 0.29) is 23.8 Å². The summed E-state index contributed by atoms with van der Waals surface area (Å²) in [6, 6.07) is -0.295. The lowest BCUT2D eigenvalue weighted by Gasteiger charge is -2.27. The minimum absolute atomic E-state index is 0.00657. The molecule has 20 heavy (non-hydrogen) atoms. The normalized spacial score (nSPS) is 22.1. The topological polar surface area (TPSA) is 82.2 Å². The maximum Gasteiger partial charge on any atom is 0.245 e. The second-order valence-electron chi connectivity index (χ2n) is 5.59. The highest BCUT2D eigenvalue weighted by atomic mass is 16.2. The molecular weight excluding hydrogens is 258 g/mol. The molecular formula is C13H19N5O2. The quantitative estimate of drug-likeness (QED) is 0.850. The number of likely N-dealkylation sites (N-methyl/N-ethyl adjacent to an activating group) is 1. The van der Waals surface area contributed by atoms with Crippen LogP contribution in [0.2, 0.25) is 0 Å². The molecule has 2 amide bonds. The summed E-state index contributed by atoms with van der Waals surface area (Å²) in [7, 11) is 1.74. The summed E-state index contributed by atoms with van der Waals surface area (Å²) in [5, 5.41) is 6.51. The highest BCUT2D eigenvalue weighted by molar-refractivity contribution is 5.89. The van der Waals surface area contributed by atoms with Gasteiger partial charge in [-0.15, -0.1) is 0 Å². The molecule has 108 valence electrons. The summed E-state index contributed by atoms with van der Waals surface area (Å²) < 4.78 is 0. The van der Waals surface area contributed by atoms with Crippen LogP contribution in [0.25, 0.3) is 0 Å². The van der Waals surface area contributed by atoms with E-state index in [1.165, 1.54) is 6.33 Å². The Labute approximate surface area is 117 Å². The van der Waals surface area contributed by atoms with E-state index in [1.807, 2.05) is 0 Å². The number of hydrogen-bond donors (Lipinski definition) is 1. The first-order valence-electron chi connectivity index (χ1n) is 7.06. The van der Waals surface area contributed by atoms with E-state index in [0.717, 1.165) is 25.7 Å². The van der Waals surface area contributed by atoms with E-state index in [4.69, 9.17) is 0 Å². The lowest BCUT2D eigenvalue weighted by atomic mass is 10.2. The Bertz CT molecular complexity index is 497. The lowest BCUT2D eigenvalue weighted by Crippen LogP contribution is -2.46. The van der Waals surface area contributed by atoms with Crippen molar-refractivity contribution in [1.82, 2.24) is 25.0 Å². The second kappa shape index (κ2) is 5.22. The van der Waals surface area contributed by atoms with Crippen LogP contribution in [0.4, 0.5) is 0 Å². The SMILES string of the molecule is CN(Cc1ncn[nH]1)C(=O)C1CCCN1C(=O)C1CC1. The number of nitrogens with zero attached hydrogens (tertiary/aromatic N) is 4. The van der Waals surface area contributed by atoms with Gasteiger partial charge in [0, 0.05) is 19.5 Å². The number of aromatic nitrogens is 3. The van der Waals surface area contributed by atoms with Gasteiger partial charge in [-0.2, -0.15) is 5.10 Å². The highest BCUT2D eigenvalue weighted by Crippen LogP contribution is 2.34. The molecule has 1 aromatic rings. The van der Waals surface area contributed by atoms with Gasteiger partial charge in [-0.25, -0.2) is 4.98 Å². The van der Waals surface area contributed by atoms with Crippen molar-refractivity contribution in [1.29, 1.82) is 0 Å². The number of nitrogens with one attached hydrogen (secondary N) is 1. The Balaban J connectivity index is 1.64. The van der Waals surface area contributed by atoms with Crippen molar-refractivity contribution in [2.75, 3.05) is 13.6 Å². The third-order valence-electron chi connectivity index (χ3n) is 3.98. The number of carbonyl (C=O) groups is 2. The average Bonchev–Trinajstić information content (AvgIpc) is 2.97. The third-order valence-corrected chi connectivity index (χ3v) is 3.98. The summed E-state index contributed by atoms with van der Waals surface area (Å²) in [4.78, 5) is 32.1. The van der Waals surface area contributed by atoms with Gasteiger partial charge in [0.2, 0.25) is 11.8 Å². The number of rotatable bonds is 4. The van der Waals surface area contributed by atoms with Crippen LogP contribution < -0.4 is 0 Å². The van der Waals surface area contributed by atoms with Crippen LogP contribution in [0, 0.1) is 5.92 Å². The van der Waals surface area contributed by atoms with E-state index in [2.05, 4.69) is 15.2 Å². The smallest absolute Gasteiger partial charge is 0.245 e. The number of carbonyl (C=O) groups excluding carboxylic acids is 2. The molecule has 2 heterocycles. The molecule has 0 spiro atoms. The van der Waals surface area contributed by atoms with Gasteiger partial charge in [-0.3, -0.25) is 14.7 Å². The van der Waals surface area contributed by atoms with E-state index in [1.54, 1.807) is 16.8 Å². The molecule has 1 saturated heterocycles. The summed E-state index contributed by atoms with van der Waals surface area (Å²) >= 11 is 0. The van der Waals surface area contributed by atoms with Crippen molar-refractivity contribution < 1.29 is 9.59 Å². The Morgan fingerprint density at radius 1 is 1.45 bits per heavy atom. The Morgan fingerprint density at radius 2 is 2.25 bits per heavy atom. The predicted octanol–water partition coefficient (Wildman–Crippen LogP) is 0.164. The highest BCUT2D eigenvalue weighted by Gasteiger charge is 2.41. The monoisotopic (exact) mass is 277 g/mol. The molecule has 1 aromatic heterocycles. The lowest BCUT2D eigenvalue weighted by molar-refractivity contribution is -0.144. The van der Waals surface area contributed by atoms with Gasteiger partial charge in [-0.1, -0.05) is 0 Å². The van der Waals surface area contributed by atoms with Gasteiger partial charge < -0.3 is 9.80 Å². The van der Waals surface area contributed by atoms with Crippen molar-refractivity contribution in [2.45, 2.75) is 38.3 Å². The van der Waals surface area contributed by atoms with Crippen molar-refractivity contribution in [3.05, 3.63) is 12.2 Å². The van der Waals surface area contributed by atoms with Gasteiger partial charge in [0.05, 0.1) is 6.54 Å². The molecule has 7 heteroatoms. The van der Waals surface area contributed by atoms with E-state index in [9.17, 15) is 9.59 Å². The molecule has 7 nitrogen and oxygen atoms in total. The van der Waals surface area contributed by atoms with Gasteiger partial charge >= 0.3 is 0 Å². The molecule has 1 aliphatic heterocycles. The number of likely N-dealkylation sites (tertiary alicyclic amines) is 1. The van der Waals surface area contributed by atoms with Crippen LogP contribution in [0.3, 0.4) is 0 Å². The summed E-state index contributed by atoms with van der Waals surface area (Å²) in [6.45, 7) is 1.10. The van der Waals surface area contributed by atoms with Crippen LogP contribution in [-0.4, -0.2) is 56.4 Å². The number of aromatic amines is 1. The van der Waals surface area contributed by atoms with Crippen LogP contribution in [0.15, 0.2) is 6.33 Å². The van der Waals surface area contributed by atoms with Crippen molar-refractivity contribution in [2.24, 2.45) is 5.92 Å². The molecule has 0 radical (unpaired) electrons. The first-order valence-corrected chi connectivity index (χ1v) is 7.06. The summed E-state index contributed by atoms with van der Waals surface area (Å²) in [6.07, 6.45) is 5.05. The Morgan fingerprint density at radius 3 is 2.90 bits per heavy atom. The zero-order chi connectivity index (χ0) is 14.1. The maximum atomic E-state index is 12.5. The zero-order valence-electron chi connectivity index (χ0n) is 11.6. The van der Waals surface area contributed by atoms with Crippen LogP contribution >= 0.6 is 0 Å². The van der Waals surface area contributed by atoms with Crippen LogP contribution in [-0.2, 0) is 16.1 Å². The number of hydrogen-bond acceptors (Lipinski definition) is 4. The number of H-pyrrole nitrogens is 1. The molecule has 2 aliphatic rings. The number of amides is 2. The van der Waals surface area contributed by atoms with Crippen molar-refractivity contribution >= 4 is 11.8 Å². The fourth-order valence-electron chi connectivity index (χ4n) is 2.72. The van der Waals surface area contributed by atoms with E-state index in [0.29, 0.717) is 18.9 Å². The Hall–Kier alpha value is -1.92.